The molecule has 4 heteroatoms. The average Bonchev–Trinajstić information content (AvgIpc) is 2.55. The largest absolute Gasteiger partial charge is 0.493 e. The second-order valence-corrected chi connectivity index (χ2v) is 5.88. The summed E-state index contributed by atoms with van der Waals surface area (Å²) in [6.07, 6.45) is 6.45. The molecule has 0 aliphatic heterocycles. The van der Waals surface area contributed by atoms with Gasteiger partial charge in [-0.2, -0.15) is 0 Å². The first kappa shape index (κ1) is 19.3. The number of nitrogens with zero attached hydrogens (tertiary/aromatic N) is 1. The van der Waals surface area contributed by atoms with Crippen molar-refractivity contribution >= 4 is 11.7 Å². The standard InChI is InChI=1S/C19H31NO3/c1-4-7-12-20(13-8-5-2)16-10-11-18(23-14-9-6-3)17(15-16)19(21)22/h10-11,15H,4-9,12-14H2,1-3H3,(H,21,22). The number of hydrogen-bond donors (Lipinski definition) is 1. The summed E-state index contributed by atoms with van der Waals surface area (Å²) < 4.78 is 5.64. The summed E-state index contributed by atoms with van der Waals surface area (Å²) in [5.41, 5.74) is 1.24. The van der Waals surface area contributed by atoms with Gasteiger partial charge in [-0.1, -0.05) is 40.0 Å². The Morgan fingerprint density at radius 2 is 1.65 bits per heavy atom. The van der Waals surface area contributed by atoms with Gasteiger partial charge in [-0.15, -0.1) is 0 Å². The predicted molar refractivity (Wildman–Crippen MR) is 95.8 cm³/mol. The monoisotopic (exact) mass is 321 g/mol. The van der Waals surface area contributed by atoms with E-state index >= 15 is 0 Å². The molecule has 1 N–H and O–H groups in total. The van der Waals surface area contributed by atoms with Gasteiger partial charge in [0, 0.05) is 18.8 Å². The van der Waals surface area contributed by atoms with E-state index in [0.29, 0.717) is 12.4 Å². The lowest BCUT2D eigenvalue weighted by Gasteiger charge is -2.25. The van der Waals surface area contributed by atoms with Crippen LogP contribution in [-0.2, 0) is 0 Å². The smallest absolute Gasteiger partial charge is 0.339 e. The molecule has 0 aromatic heterocycles. The van der Waals surface area contributed by atoms with Crippen LogP contribution in [0.3, 0.4) is 0 Å². The van der Waals surface area contributed by atoms with Crippen LogP contribution in [0.1, 0.15) is 69.7 Å². The van der Waals surface area contributed by atoms with Gasteiger partial charge in [0.1, 0.15) is 11.3 Å². The number of carbonyl (C=O) groups is 1. The van der Waals surface area contributed by atoms with E-state index in [4.69, 9.17) is 4.74 Å². The molecule has 0 amide bonds. The summed E-state index contributed by atoms with van der Waals surface area (Å²) in [7, 11) is 0. The first-order valence-corrected chi connectivity index (χ1v) is 8.89. The van der Waals surface area contributed by atoms with E-state index in [1.165, 1.54) is 0 Å². The van der Waals surface area contributed by atoms with Gasteiger partial charge in [-0.25, -0.2) is 4.79 Å². The zero-order valence-electron chi connectivity index (χ0n) is 14.8. The van der Waals surface area contributed by atoms with E-state index in [1.807, 2.05) is 6.07 Å². The Labute approximate surface area is 140 Å². The van der Waals surface area contributed by atoms with Crippen LogP contribution in [0.25, 0.3) is 0 Å². The minimum Gasteiger partial charge on any atom is -0.493 e. The molecule has 0 heterocycles. The molecule has 23 heavy (non-hydrogen) atoms. The molecular formula is C19H31NO3. The van der Waals surface area contributed by atoms with E-state index in [2.05, 4.69) is 25.7 Å². The molecule has 130 valence electrons. The highest BCUT2D eigenvalue weighted by Gasteiger charge is 2.15. The molecule has 0 atom stereocenters. The van der Waals surface area contributed by atoms with Crippen LogP contribution in [0, 0.1) is 0 Å². The number of hydrogen-bond acceptors (Lipinski definition) is 3. The Bertz CT molecular complexity index is 466. The summed E-state index contributed by atoms with van der Waals surface area (Å²) >= 11 is 0. The summed E-state index contributed by atoms with van der Waals surface area (Å²) in [6.45, 7) is 8.92. The Balaban J connectivity index is 2.95. The van der Waals surface area contributed by atoms with Crippen LogP contribution >= 0.6 is 0 Å². The third-order valence-electron chi connectivity index (χ3n) is 3.88. The number of anilines is 1. The van der Waals surface area contributed by atoms with Crippen molar-refractivity contribution in [3.63, 3.8) is 0 Å². The molecule has 0 aliphatic rings. The predicted octanol–water partition coefficient (Wildman–Crippen LogP) is 4.97. The molecule has 1 rings (SSSR count). The number of carboxylic acids is 1. The molecule has 0 unspecified atom stereocenters. The Kier molecular flexibility index (Phi) is 9.18. The second kappa shape index (κ2) is 10.9. The van der Waals surface area contributed by atoms with Crippen molar-refractivity contribution in [1.29, 1.82) is 0 Å². The highest BCUT2D eigenvalue weighted by atomic mass is 16.5. The van der Waals surface area contributed by atoms with E-state index < -0.39 is 5.97 Å². The van der Waals surface area contributed by atoms with Crippen LogP contribution in [0.2, 0.25) is 0 Å². The number of ether oxygens (including phenoxy) is 1. The Morgan fingerprint density at radius 3 is 2.17 bits per heavy atom. The molecule has 1 aromatic rings. The molecular weight excluding hydrogens is 290 g/mol. The first-order valence-electron chi connectivity index (χ1n) is 8.89. The quantitative estimate of drug-likeness (QED) is 0.552. The van der Waals surface area contributed by atoms with Crippen LogP contribution in [0.5, 0.6) is 5.75 Å². The molecule has 4 nitrogen and oxygen atoms in total. The van der Waals surface area contributed by atoms with Gasteiger partial charge in [0.2, 0.25) is 0 Å². The minimum atomic E-state index is -0.927. The lowest BCUT2D eigenvalue weighted by Crippen LogP contribution is -2.25. The third kappa shape index (κ3) is 6.51. The van der Waals surface area contributed by atoms with Gasteiger partial charge >= 0.3 is 5.97 Å². The van der Waals surface area contributed by atoms with Crippen molar-refractivity contribution in [2.45, 2.75) is 59.3 Å². The van der Waals surface area contributed by atoms with Crippen molar-refractivity contribution in [3.8, 4) is 5.75 Å². The van der Waals surface area contributed by atoms with Crippen molar-refractivity contribution < 1.29 is 14.6 Å². The summed E-state index contributed by atoms with van der Waals surface area (Å²) in [5.74, 6) is -0.454. The summed E-state index contributed by atoms with van der Waals surface area (Å²) in [5, 5.41) is 9.48. The maximum Gasteiger partial charge on any atom is 0.339 e. The van der Waals surface area contributed by atoms with Gasteiger partial charge in [0.15, 0.2) is 0 Å². The number of unbranched alkanes of at least 4 members (excludes halogenated alkanes) is 3. The summed E-state index contributed by atoms with van der Waals surface area (Å²) in [4.78, 5) is 13.8. The highest BCUT2D eigenvalue weighted by Crippen LogP contribution is 2.26. The number of aromatic carboxylic acids is 1. The topological polar surface area (TPSA) is 49.8 Å². The zero-order valence-corrected chi connectivity index (χ0v) is 14.8. The van der Waals surface area contributed by atoms with Crippen molar-refractivity contribution in [2.24, 2.45) is 0 Å². The Morgan fingerprint density at radius 1 is 1.04 bits per heavy atom. The van der Waals surface area contributed by atoms with E-state index in [0.717, 1.165) is 57.3 Å². The second-order valence-electron chi connectivity index (χ2n) is 5.88. The molecule has 0 aliphatic carbocycles. The lowest BCUT2D eigenvalue weighted by atomic mass is 10.1. The van der Waals surface area contributed by atoms with Crippen LogP contribution in [0.15, 0.2) is 18.2 Å². The molecule has 1 aromatic carbocycles. The van der Waals surface area contributed by atoms with Gasteiger partial charge in [0.25, 0.3) is 0 Å². The average molecular weight is 321 g/mol. The van der Waals surface area contributed by atoms with Gasteiger partial charge in [-0.05, 0) is 37.5 Å². The van der Waals surface area contributed by atoms with Crippen LogP contribution in [0.4, 0.5) is 5.69 Å². The van der Waals surface area contributed by atoms with E-state index in [-0.39, 0.29) is 5.56 Å². The molecule has 0 spiro atoms. The van der Waals surface area contributed by atoms with E-state index in [9.17, 15) is 9.90 Å². The van der Waals surface area contributed by atoms with E-state index in [1.54, 1.807) is 12.1 Å². The maximum atomic E-state index is 11.6. The van der Waals surface area contributed by atoms with Gasteiger partial charge in [0.05, 0.1) is 6.61 Å². The van der Waals surface area contributed by atoms with Gasteiger partial charge in [-0.3, -0.25) is 0 Å². The van der Waals surface area contributed by atoms with Gasteiger partial charge < -0.3 is 14.7 Å². The fourth-order valence-corrected chi connectivity index (χ4v) is 2.40. The number of benzene rings is 1. The number of carboxylic acid groups (broad SMARTS) is 1. The Hall–Kier alpha value is -1.71. The van der Waals surface area contributed by atoms with Crippen molar-refractivity contribution in [3.05, 3.63) is 23.8 Å². The SMILES string of the molecule is CCCCOc1ccc(N(CCCC)CCCC)cc1C(=O)O. The lowest BCUT2D eigenvalue weighted by molar-refractivity contribution is 0.0692. The zero-order chi connectivity index (χ0) is 17.1. The van der Waals surface area contributed by atoms with Crippen molar-refractivity contribution in [2.75, 3.05) is 24.6 Å². The number of rotatable bonds is 12. The fraction of sp³-hybridized carbons (Fsp3) is 0.632. The van der Waals surface area contributed by atoms with Crippen LogP contribution < -0.4 is 9.64 Å². The molecule has 0 radical (unpaired) electrons. The first-order chi connectivity index (χ1) is 11.1. The molecule has 0 saturated carbocycles. The maximum absolute atomic E-state index is 11.6. The van der Waals surface area contributed by atoms with Crippen LogP contribution in [-0.4, -0.2) is 30.8 Å². The normalized spacial score (nSPS) is 10.6. The molecule has 0 fully saturated rings. The summed E-state index contributed by atoms with van der Waals surface area (Å²) in [6, 6.07) is 5.55. The fourth-order valence-electron chi connectivity index (χ4n) is 2.40. The minimum absolute atomic E-state index is 0.261. The molecule has 0 bridgehead atoms. The van der Waals surface area contributed by atoms with Crippen molar-refractivity contribution in [1.82, 2.24) is 0 Å². The third-order valence-corrected chi connectivity index (χ3v) is 3.88. The highest BCUT2D eigenvalue weighted by molar-refractivity contribution is 5.92. The molecule has 0 saturated heterocycles.